The van der Waals surface area contributed by atoms with Gasteiger partial charge in [0.15, 0.2) is 17.2 Å². The molecule has 3 rings (SSSR count). The van der Waals surface area contributed by atoms with E-state index in [1.54, 1.807) is 20.1 Å². The van der Waals surface area contributed by atoms with Gasteiger partial charge in [0, 0.05) is 25.1 Å². The zero-order valence-corrected chi connectivity index (χ0v) is 18.1. The fraction of sp³-hybridized carbons (Fsp3) is 0.300. The number of hydrogen-bond donors (Lipinski definition) is 2. The number of nitrogens with zero attached hydrogens (tertiary/aromatic N) is 4. The molecule has 0 spiro atoms. The molecule has 0 saturated heterocycles. The van der Waals surface area contributed by atoms with E-state index in [0.717, 1.165) is 11.3 Å². The molecule has 8 nitrogen and oxygen atoms in total. The number of methoxy groups -OCH3 is 1. The summed E-state index contributed by atoms with van der Waals surface area (Å²) in [5.74, 6) is 0.728. The highest BCUT2D eigenvalue weighted by atomic mass is 31.1. The second-order valence-corrected chi connectivity index (χ2v) is 8.97. The Morgan fingerprint density at radius 3 is 2.62 bits per heavy atom. The fourth-order valence-electron chi connectivity index (χ4n) is 3.09. The Bertz CT molecular complexity index is 1050. The number of hydrogen-bond acceptors (Lipinski definition) is 7. The van der Waals surface area contributed by atoms with Crippen LogP contribution in [0.3, 0.4) is 0 Å². The molecule has 9 heteroatoms. The number of para-hydroxylation sites is 1. The van der Waals surface area contributed by atoms with Crippen LogP contribution in [0.25, 0.3) is 11.3 Å². The standard InChI is InChI=1S/C20H25N6O2P/c1-6-16(27)19-15(10-17(21)23-24-19)22-13-9-7-8-12(20(13)28-3)14-11-18(29(4)5)26(2)25-14/h7-11H,6H2,1-5H3,(H3,21,22,23). The normalized spacial score (nSPS) is 11.0. The number of nitrogen functional groups attached to an aromatic ring is 1. The summed E-state index contributed by atoms with van der Waals surface area (Å²) < 4.78 is 7.62. The van der Waals surface area contributed by atoms with Gasteiger partial charge in [-0.1, -0.05) is 20.9 Å². The fourth-order valence-corrected chi connectivity index (χ4v) is 4.09. The minimum absolute atomic E-state index is 0.122. The zero-order valence-electron chi connectivity index (χ0n) is 17.2. The lowest BCUT2D eigenvalue weighted by molar-refractivity contribution is 0.0983. The summed E-state index contributed by atoms with van der Waals surface area (Å²) in [7, 11) is 3.27. The van der Waals surface area contributed by atoms with E-state index in [4.69, 9.17) is 10.5 Å². The van der Waals surface area contributed by atoms with Gasteiger partial charge >= 0.3 is 0 Å². The second-order valence-electron chi connectivity index (χ2n) is 6.73. The third-order valence-electron chi connectivity index (χ3n) is 4.48. The Labute approximate surface area is 171 Å². The van der Waals surface area contributed by atoms with E-state index in [0.29, 0.717) is 23.5 Å². The van der Waals surface area contributed by atoms with E-state index in [2.05, 4.69) is 40.0 Å². The van der Waals surface area contributed by atoms with Crippen LogP contribution in [0, 0.1) is 0 Å². The molecule has 0 saturated carbocycles. The molecule has 0 aliphatic rings. The summed E-state index contributed by atoms with van der Waals surface area (Å²) in [5, 5.41) is 15.7. The van der Waals surface area contributed by atoms with Crippen molar-refractivity contribution in [2.75, 3.05) is 31.5 Å². The number of benzene rings is 1. The van der Waals surface area contributed by atoms with Crippen LogP contribution in [0.15, 0.2) is 30.3 Å². The molecule has 0 fully saturated rings. The molecule has 0 bridgehead atoms. The molecule has 152 valence electrons. The SMILES string of the molecule is CCC(=O)c1nnc(N)cc1Nc1cccc(-c2cc(P(C)C)n(C)n2)c1OC. The Morgan fingerprint density at radius 1 is 1.24 bits per heavy atom. The smallest absolute Gasteiger partial charge is 0.184 e. The molecule has 3 aromatic rings. The second kappa shape index (κ2) is 8.57. The molecule has 0 aliphatic carbocycles. The third-order valence-corrected chi connectivity index (χ3v) is 5.81. The maximum absolute atomic E-state index is 12.3. The highest BCUT2D eigenvalue weighted by Gasteiger charge is 2.19. The minimum Gasteiger partial charge on any atom is -0.494 e. The summed E-state index contributed by atoms with van der Waals surface area (Å²) in [6, 6.07) is 9.43. The van der Waals surface area contributed by atoms with Gasteiger partial charge in [-0.05, 0) is 31.5 Å². The molecular formula is C20H25N6O2P. The van der Waals surface area contributed by atoms with Gasteiger partial charge in [0.1, 0.15) is 5.82 Å². The number of rotatable bonds is 7. The monoisotopic (exact) mass is 412 g/mol. The molecule has 0 atom stereocenters. The van der Waals surface area contributed by atoms with Crippen LogP contribution in [0.2, 0.25) is 0 Å². The molecule has 2 heterocycles. The van der Waals surface area contributed by atoms with Crippen LogP contribution < -0.4 is 21.2 Å². The van der Waals surface area contributed by atoms with Gasteiger partial charge in [0.05, 0.1) is 29.6 Å². The van der Waals surface area contributed by atoms with Crippen molar-refractivity contribution in [3.8, 4) is 17.0 Å². The quantitative estimate of drug-likeness (QED) is 0.453. The number of ketones is 1. The van der Waals surface area contributed by atoms with Crippen LogP contribution in [-0.4, -0.2) is 46.2 Å². The van der Waals surface area contributed by atoms with Gasteiger partial charge in [0.25, 0.3) is 0 Å². The predicted molar refractivity (Wildman–Crippen MR) is 118 cm³/mol. The van der Waals surface area contributed by atoms with Crippen LogP contribution >= 0.6 is 7.92 Å². The number of aromatic nitrogens is 4. The zero-order chi connectivity index (χ0) is 21.1. The molecule has 0 unspecified atom stereocenters. The van der Waals surface area contributed by atoms with Crippen molar-refractivity contribution >= 4 is 36.3 Å². The molecule has 0 amide bonds. The summed E-state index contributed by atoms with van der Waals surface area (Å²) >= 11 is 0. The first-order valence-electron chi connectivity index (χ1n) is 9.17. The maximum Gasteiger partial charge on any atom is 0.184 e. The Kier molecular flexibility index (Phi) is 6.13. The number of carbonyl (C=O) groups is 1. The number of aryl methyl sites for hydroxylation is 1. The van der Waals surface area contributed by atoms with E-state index in [1.807, 2.05) is 29.9 Å². The number of ether oxygens (including phenoxy) is 1. The lowest BCUT2D eigenvalue weighted by Crippen LogP contribution is -2.10. The Hall–Kier alpha value is -2.99. The van der Waals surface area contributed by atoms with Crippen LogP contribution in [0.5, 0.6) is 5.75 Å². The summed E-state index contributed by atoms with van der Waals surface area (Å²) in [4.78, 5) is 12.3. The molecule has 0 radical (unpaired) electrons. The first-order valence-corrected chi connectivity index (χ1v) is 11.4. The number of nitrogens with two attached hydrogens (primary N) is 1. The molecule has 1 aromatic carbocycles. The van der Waals surface area contributed by atoms with Crippen molar-refractivity contribution in [2.24, 2.45) is 7.05 Å². The Balaban J connectivity index is 2.07. The van der Waals surface area contributed by atoms with Crippen molar-refractivity contribution in [3.63, 3.8) is 0 Å². The van der Waals surface area contributed by atoms with Crippen molar-refractivity contribution in [2.45, 2.75) is 13.3 Å². The third kappa shape index (κ3) is 4.22. The lowest BCUT2D eigenvalue weighted by Gasteiger charge is -2.15. The summed E-state index contributed by atoms with van der Waals surface area (Å²) in [5.41, 5.74) is 10.1. The highest BCUT2D eigenvalue weighted by Crippen LogP contribution is 2.38. The van der Waals surface area contributed by atoms with Gasteiger partial charge in [0.2, 0.25) is 0 Å². The topological polar surface area (TPSA) is 108 Å². The van der Waals surface area contributed by atoms with Gasteiger partial charge in [-0.15, -0.1) is 10.2 Å². The highest BCUT2D eigenvalue weighted by molar-refractivity contribution is 7.63. The predicted octanol–water partition coefficient (Wildman–Crippen LogP) is 3.17. The first kappa shape index (κ1) is 20.7. The van der Waals surface area contributed by atoms with E-state index in [9.17, 15) is 4.79 Å². The number of carbonyl (C=O) groups excluding carboxylic acids is 1. The lowest BCUT2D eigenvalue weighted by atomic mass is 10.1. The molecule has 2 aromatic heterocycles. The Morgan fingerprint density at radius 2 is 2.00 bits per heavy atom. The van der Waals surface area contributed by atoms with Crippen LogP contribution in [0.4, 0.5) is 17.2 Å². The minimum atomic E-state index is -0.287. The average molecular weight is 412 g/mol. The van der Waals surface area contributed by atoms with Gasteiger partial charge in [-0.3, -0.25) is 9.48 Å². The molecule has 29 heavy (non-hydrogen) atoms. The number of anilines is 3. The van der Waals surface area contributed by atoms with Crippen molar-refractivity contribution in [1.82, 2.24) is 20.0 Å². The molecule has 0 aliphatic heterocycles. The number of Topliss-reactive ketones (excluding diaryl/α,β-unsaturated/α-hetero) is 1. The largest absolute Gasteiger partial charge is 0.494 e. The van der Waals surface area contributed by atoms with Gasteiger partial charge in [-0.25, -0.2) is 0 Å². The number of nitrogens with one attached hydrogen (secondary N) is 1. The summed E-state index contributed by atoms with van der Waals surface area (Å²) in [6.07, 6.45) is 0.318. The van der Waals surface area contributed by atoms with Crippen molar-refractivity contribution in [3.05, 3.63) is 36.0 Å². The first-order chi connectivity index (χ1) is 13.8. The van der Waals surface area contributed by atoms with E-state index in [1.165, 1.54) is 5.44 Å². The van der Waals surface area contributed by atoms with Crippen molar-refractivity contribution < 1.29 is 9.53 Å². The molecule has 3 N–H and O–H groups in total. The van der Waals surface area contributed by atoms with Gasteiger partial charge < -0.3 is 15.8 Å². The van der Waals surface area contributed by atoms with E-state index >= 15 is 0 Å². The molecular weight excluding hydrogens is 387 g/mol. The van der Waals surface area contributed by atoms with E-state index in [-0.39, 0.29) is 25.2 Å². The summed E-state index contributed by atoms with van der Waals surface area (Å²) in [6.45, 7) is 6.16. The van der Waals surface area contributed by atoms with E-state index < -0.39 is 0 Å². The van der Waals surface area contributed by atoms with Crippen molar-refractivity contribution in [1.29, 1.82) is 0 Å². The average Bonchev–Trinajstić information content (AvgIpc) is 3.09. The van der Waals surface area contributed by atoms with Crippen LogP contribution in [0.1, 0.15) is 23.8 Å². The van der Waals surface area contributed by atoms with Crippen LogP contribution in [-0.2, 0) is 7.05 Å². The van der Waals surface area contributed by atoms with Gasteiger partial charge in [-0.2, -0.15) is 5.10 Å². The maximum atomic E-state index is 12.3.